The topological polar surface area (TPSA) is 83.7 Å². The van der Waals surface area contributed by atoms with Crippen molar-refractivity contribution in [3.63, 3.8) is 0 Å². The average Bonchev–Trinajstić information content (AvgIpc) is 2.32. The fourth-order valence-corrected chi connectivity index (χ4v) is 2.10. The molecule has 0 heterocycles. The van der Waals surface area contributed by atoms with E-state index in [2.05, 4.69) is 0 Å². The van der Waals surface area contributed by atoms with Crippen LogP contribution in [0.5, 0.6) is 0 Å². The van der Waals surface area contributed by atoms with Crippen molar-refractivity contribution in [1.29, 1.82) is 0 Å². The molecule has 110 valence electrons. The van der Waals surface area contributed by atoms with Gasteiger partial charge in [-0.2, -0.15) is 0 Å². The number of aliphatic carboxylic acids is 1. The van der Waals surface area contributed by atoms with Crippen molar-refractivity contribution >= 4 is 17.3 Å². The smallest absolute Gasteiger partial charge is 0.303 e. The van der Waals surface area contributed by atoms with Crippen molar-refractivity contribution in [2.24, 2.45) is 0 Å². The van der Waals surface area contributed by atoms with Crippen molar-refractivity contribution in [2.45, 2.75) is 39.7 Å². The van der Waals surface area contributed by atoms with Crippen LogP contribution in [0.3, 0.4) is 0 Å². The summed E-state index contributed by atoms with van der Waals surface area (Å²) in [7, 11) is 0. The minimum Gasteiger partial charge on any atom is -0.481 e. The molecular weight excluding hydrogens is 260 g/mol. The SMILES string of the molecule is Cc1cc(N(CCCC(=O)O)C(C)C)cc([N+](=O)[O-])c1. The van der Waals surface area contributed by atoms with Gasteiger partial charge in [0.1, 0.15) is 0 Å². The molecule has 0 bridgehead atoms. The quantitative estimate of drug-likeness (QED) is 0.613. The molecule has 0 aliphatic heterocycles. The molecule has 0 aliphatic rings. The molecule has 1 N–H and O–H groups in total. The Morgan fingerprint density at radius 3 is 2.55 bits per heavy atom. The first kappa shape index (κ1) is 15.9. The Bertz CT molecular complexity index is 500. The van der Waals surface area contributed by atoms with E-state index in [1.165, 1.54) is 12.1 Å². The fourth-order valence-electron chi connectivity index (χ4n) is 2.10. The van der Waals surface area contributed by atoms with Crippen molar-refractivity contribution in [2.75, 3.05) is 11.4 Å². The zero-order valence-electron chi connectivity index (χ0n) is 12.0. The maximum Gasteiger partial charge on any atom is 0.303 e. The van der Waals surface area contributed by atoms with Gasteiger partial charge < -0.3 is 10.0 Å². The third-order valence-electron chi connectivity index (χ3n) is 3.00. The van der Waals surface area contributed by atoms with E-state index in [0.29, 0.717) is 13.0 Å². The summed E-state index contributed by atoms with van der Waals surface area (Å²) in [5, 5.41) is 19.6. The molecule has 0 aromatic heterocycles. The van der Waals surface area contributed by atoms with Gasteiger partial charge >= 0.3 is 5.97 Å². The molecule has 20 heavy (non-hydrogen) atoms. The second-order valence-corrected chi connectivity index (χ2v) is 5.07. The summed E-state index contributed by atoms with van der Waals surface area (Å²) in [5.74, 6) is -0.830. The highest BCUT2D eigenvalue weighted by atomic mass is 16.6. The normalized spacial score (nSPS) is 10.6. The van der Waals surface area contributed by atoms with Gasteiger partial charge in [-0.25, -0.2) is 0 Å². The van der Waals surface area contributed by atoms with E-state index < -0.39 is 10.9 Å². The molecule has 1 aromatic carbocycles. The lowest BCUT2D eigenvalue weighted by atomic mass is 10.1. The van der Waals surface area contributed by atoms with Crippen LogP contribution in [0.4, 0.5) is 11.4 Å². The van der Waals surface area contributed by atoms with Crippen LogP contribution in [-0.2, 0) is 4.79 Å². The van der Waals surface area contributed by atoms with Gasteiger partial charge in [-0.15, -0.1) is 0 Å². The van der Waals surface area contributed by atoms with Gasteiger partial charge in [0.25, 0.3) is 5.69 Å². The summed E-state index contributed by atoms with van der Waals surface area (Å²) in [5.41, 5.74) is 1.64. The van der Waals surface area contributed by atoms with E-state index in [1.54, 1.807) is 0 Å². The van der Waals surface area contributed by atoms with Crippen LogP contribution in [0.2, 0.25) is 0 Å². The number of hydrogen-bond acceptors (Lipinski definition) is 4. The van der Waals surface area contributed by atoms with Gasteiger partial charge in [-0.1, -0.05) is 0 Å². The minimum atomic E-state index is -0.830. The van der Waals surface area contributed by atoms with E-state index in [1.807, 2.05) is 31.7 Å². The molecule has 6 heteroatoms. The number of carbonyl (C=O) groups is 1. The lowest BCUT2D eigenvalue weighted by Gasteiger charge is -2.29. The maximum atomic E-state index is 10.9. The molecule has 0 spiro atoms. The molecular formula is C14H20N2O4. The third kappa shape index (κ3) is 4.53. The summed E-state index contributed by atoms with van der Waals surface area (Å²) in [6.45, 7) is 6.33. The standard InChI is InChI=1S/C14H20N2O4/c1-10(2)15(6-4-5-14(17)18)12-7-11(3)8-13(9-12)16(19)20/h7-10H,4-6H2,1-3H3,(H,17,18). The van der Waals surface area contributed by atoms with Crippen LogP contribution >= 0.6 is 0 Å². The van der Waals surface area contributed by atoms with Crippen LogP contribution in [-0.4, -0.2) is 28.6 Å². The largest absolute Gasteiger partial charge is 0.481 e. The number of nitro benzene ring substituents is 1. The number of aryl methyl sites for hydroxylation is 1. The number of non-ortho nitro benzene ring substituents is 1. The summed E-state index contributed by atoms with van der Waals surface area (Å²) in [6, 6.07) is 5.09. The second kappa shape index (κ2) is 6.88. The predicted molar refractivity (Wildman–Crippen MR) is 77.2 cm³/mol. The number of benzene rings is 1. The Morgan fingerprint density at radius 2 is 2.05 bits per heavy atom. The molecule has 0 fully saturated rings. The molecule has 0 amide bonds. The molecule has 0 aliphatic carbocycles. The number of rotatable bonds is 7. The average molecular weight is 280 g/mol. The van der Waals surface area contributed by atoms with Gasteiger partial charge in [0.15, 0.2) is 0 Å². The lowest BCUT2D eigenvalue weighted by Crippen LogP contribution is -2.32. The Labute approximate surface area is 118 Å². The van der Waals surface area contributed by atoms with Crippen LogP contribution in [0.25, 0.3) is 0 Å². The summed E-state index contributed by atoms with van der Waals surface area (Å²) >= 11 is 0. The summed E-state index contributed by atoms with van der Waals surface area (Å²) < 4.78 is 0. The van der Waals surface area contributed by atoms with E-state index in [0.717, 1.165) is 11.3 Å². The first-order chi connectivity index (χ1) is 9.31. The minimum absolute atomic E-state index is 0.0592. The monoisotopic (exact) mass is 280 g/mol. The Balaban J connectivity index is 2.96. The molecule has 1 aromatic rings. The number of nitrogens with zero attached hydrogens (tertiary/aromatic N) is 2. The highest BCUT2D eigenvalue weighted by Gasteiger charge is 2.15. The zero-order valence-corrected chi connectivity index (χ0v) is 12.0. The third-order valence-corrected chi connectivity index (χ3v) is 3.00. The summed E-state index contributed by atoms with van der Waals surface area (Å²) in [6.07, 6.45) is 0.604. The summed E-state index contributed by atoms with van der Waals surface area (Å²) in [4.78, 5) is 23.1. The number of nitro groups is 1. The van der Waals surface area contributed by atoms with E-state index in [4.69, 9.17) is 5.11 Å². The molecule has 6 nitrogen and oxygen atoms in total. The second-order valence-electron chi connectivity index (χ2n) is 5.07. The maximum absolute atomic E-state index is 10.9. The van der Waals surface area contributed by atoms with Crippen molar-refractivity contribution in [1.82, 2.24) is 0 Å². The van der Waals surface area contributed by atoms with Gasteiger partial charge in [0.2, 0.25) is 0 Å². The zero-order chi connectivity index (χ0) is 15.3. The highest BCUT2D eigenvalue weighted by Crippen LogP contribution is 2.25. The highest BCUT2D eigenvalue weighted by molar-refractivity contribution is 5.66. The lowest BCUT2D eigenvalue weighted by molar-refractivity contribution is -0.384. The van der Waals surface area contributed by atoms with E-state index in [-0.39, 0.29) is 18.2 Å². The van der Waals surface area contributed by atoms with Gasteiger partial charge in [-0.05, 0) is 38.8 Å². The fraction of sp³-hybridized carbons (Fsp3) is 0.500. The Hall–Kier alpha value is -2.11. The van der Waals surface area contributed by atoms with Crippen molar-refractivity contribution in [3.8, 4) is 0 Å². The Kier molecular flexibility index (Phi) is 5.49. The van der Waals surface area contributed by atoms with E-state index in [9.17, 15) is 14.9 Å². The number of anilines is 1. The molecule has 0 radical (unpaired) electrons. The van der Waals surface area contributed by atoms with Gasteiger partial charge in [0.05, 0.1) is 4.92 Å². The first-order valence-electron chi connectivity index (χ1n) is 6.55. The molecule has 0 saturated carbocycles. The first-order valence-corrected chi connectivity index (χ1v) is 6.55. The van der Waals surface area contributed by atoms with Gasteiger partial charge in [-0.3, -0.25) is 14.9 Å². The molecule has 0 saturated heterocycles. The number of carboxylic acid groups (broad SMARTS) is 1. The number of carboxylic acids is 1. The predicted octanol–water partition coefficient (Wildman–Crippen LogP) is 2.98. The number of hydrogen-bond donors (Lipinski definition) is 1. The Morgan fingerprint density at radius 1 is 1.40 bits per heavy atom. The van der Waals surface area contributed by atoms with Gasteiger partial charge in [0, 0.05) is 36.8 Å². The van der Waals surface area contributed by atoms with Crippen molar-refractivity contribution in [3.05, 3.63) is 33.9 Å². The molecule has 0 unspecified atom stereocenters. The van der Waals surface area contributed by atoms with E-state index >= 15 is 0 Å². The van der Waals surface area contributed by atoms with Crippen LogP contribution in [0.1, 0.15) is 32.3 Å². The molecule has 0 atom stereocenters. The van der Waals surface area contributed by atoms with Crippen molar-refractivity contribution < 1.29 is 14.8 Å². The molecule has 1 rings (SSSR count). The van der Waals surface area contributed by atoms with Crippen LogP contribution in [0.15, 0.2) is 18.2 Å². The van der Waals surface area contributed by atoms with Crippen LogP contribution in [0, 0.1) is 17.0 Å². The van der Waals surface area contributed by atoms with Crippen LogP contribution < -0.4 is 4.90 Å².